The molecule has 0 spiro atoms. The summed E-state index contributed by atoms with van der Waals surface area (Å²) in [6, 6.07) is 2.69. The fraction of sp³-hybridized carbons (Fsp3) is 0.765. The Morgan fingerprint density at radius 1 is 1.33 bits per heavy atom. The average molecular weight is 289 g/mol. The van der Waals surface area contributed by atoms with Crippen LogP contribution in [0, 0.1) is 28.6 Å². The van der Waals surface area contributed by atoms with E-state index in [0.717, 1.165) is 31.2 Å². The SMILES string of the molecule is CC(C)C1CCC(C#N)(C(O)c2cnn(C(C)C)c2)CC1. The first-order valence-electron chi connectivity index (χ1n) is 8.03. The number of nitrogens with zero attached hydrogens (tertiary/aromatic N) is 3. The molecule has 1 fully saturated rings. The molecular formula is C17H27N3O. The Bertz CT molecular complexity index is 504. The lowest BCUT2D eigenvalue weighted by Gasteiger charge is -2.39. The zero-order chi connectivity index (χ0) is 15.6. The molecule has 0 aromatic carbocycles. The van der Waals surface area contributed by atoms with Crippen molar-refractivity contribution >= 4 is 0 Å². The molecule has 1 saturated carbocycles. The molecule has 0 radical (unpaired) electrons. The van der Waals surface area contributed by atoms with Gasteiger partial charge in [0.25, 0.3) is 0 Å². The number of aliphatic hydroxyl groups is 1. The molecular weight excluding hydrogens is 262 g/mol. The van der Waals surface area contributed by atoms with E-state index in [0.29, 0.717) is 11.8 Å². The minimum absolute atomic E-state index is 0.265. The zero-order valence-corrected chi connectivity index (χ0v) is 13.6. The van der Waals surface area contributed by atoms with Crippen LogP contribution in [-0.2, 0) is 0 Å². The fourth-order valence-corrected chi connectivity index (χ4v) is 3.36. The third-order valence-corrected chi connectivity index (χ3v) is 5.08. The molecule has 1 aliphatic rings. The lowest BCUT2D eigenvalue weighted by molar-refractivity contribution is 0.0189. The van der Waals surface area contributed by atoms with Crippen molar-refractivity contribution in [2.45, 2.75) is 65.5 Å². The summed E-state index contributed by atoms with van der Waals surface area (Å²) in [5, 5.41) is 24.7. The van der Waals surface area contributed by atoms with Crippen LogP contribution in [0.25, 0.3) is 0 Å². The van der Waals surface area contributed by atoms with E-state index in [1.54, 1.807) is 6.20 Å². The van der Waals surface area contributed by atoms with E-state index in [-0.39, 0.29) is 6.04 Å². The molecule has 4 heteroatoms. The maximum atomic E-state index is 10.7. The van der Waals surface area contributed by atoms with Gasteiger partial charge in [0, 0.05) is 17.8 Å². The van der Waals surface area contributed by atoms with Crippen LogP contribution in [-0.4, -0.2) is 14.9 Å². The number of aliphatic hydroxyl groups excluding tert-OH is 1. The molecule has 0 bridgehead atoms. The van der Waals surface area contributed by atoms with Gasteiger partial charge in [-0.25, -0.2) is 0 Å². The van der Waals surface area contributed by atoms with Crippen LogP contribution >= 0.6 is 0 Å². The Morgan fingerprint density at radius 3 is 2.38 bits per heavy atom. The van der Waals surface area contributed by atoms with Crippen molar-refractivity contribution in [1.82, 2.24) is 9.78 Å². The Morgan fingerprint density at radius 2 is 1.95 bits per heavy atom. The lowest BCUT2D eigenvalue weighted by Crippen LogP contribution is -2.33. The van der Waals surface area contributed by atoms with Crippen molar-refractivity contribution in [3.05, 3.63) is 18.0 Å². The smallest absolute Gasteiger partial charge is 0.101 e. The first-order chi connectivity index (χ1) is 9.89. The van der Waals surface area contributed by atoms with Gasteiger partial charge in [0.2, 0.25) is 0 Å². The van der Waals surface area contributed by atoms with E-state index >= 15 is 0 Å². The highest BCUT2D eigenvalue weighted by Crippen LogP contribution is 2.48. The van der Waals surface area contributed by atoms with Crippen LogP contribution in [0.4, 0.5) is 0 Å². The van der Waals surface area contributed by atoms with Gasteiger partial charge in [-0.15, -0.1) is 0 Å². The minimum atomic E-state index is -0.733. The van der Waals surface area contributed by atoms with E-state index < -0.39 is 11.5 Å². The summed E-state index contributed by atoms with van der Waals surface area (Å²) in [5.74, 6) is 1.33. The molecule has 1 atom stereocenters. The van der Waals surface area contributed by atoms with Crippen molar-refractivity contribution in [2.75, 3.05) is 0 Å². The number of hydrogen-bond acceptors (Lipinski definition) is 3. The van der Waals surface area contributed by atoms with E-state index in [1.807, 2.05) is 10.9 Å². The maximum absolute atomic E-state index is 10.7. The number of aromatic nitrogens is 2. The second kappa shape index (κ2) is 6.19. The zero-order valence-electron chi connectivity index (χ0n) is 13.6. The third-order valence-electron chi connectivity index (χ3n) is 5.08. The van der Waals surface area contributed by atoms with Crippen LogP contribution in [0.2, 0.25) is 0 Å². The Labute approximate surface area is 127 Å². The molecule has 1 unspecified atom stereocenters. The topological polar surface area (TPSA) is 61.8 Å². The van der Waals surface area contributed by atoms with Crippen molar-refractivity contribution in [1.29, 1.82) is 5.26 Å². The summed E-state index contributed by atoms with van der Waals surface area (Å²) < 4.78 is 1.84. The molecule has 2 rings (SSSR count). The summed E-state index contributed by atoms with van der Waals surface area (Å²) in [6.45, 7) is 8.59. The number of hydrogen-bond donors (Lipinski definition) is 1. The molecule has 1 aromatic rings. The summed E-state index contributed by atoms with van der Waals surface area (Å²) in [6.07, 6.45) is 6.46. The number of nitriles is 1. The lowest BCUT2D eigenvalue weighted by atomic mass is 9.65. The van der Waals surface area contributed by atoms with Gasteiger partial charge in [-0.1, -0.05) is 13.8 Å². The highest BCUT2D eigenvalue weighted by Gasteiger charge is 2.43. The van der Waals surface area contributed by atoms with Crippen LogP contribution < -0.4 is 0 Å². The summed E-state index contributed by atoms with van der Waals surface area (Å²) in [5.41, 5.74) is 0.129. The molecule has 1 aliphatic carbocycles. The van der Waals surface area contributed by atoms with E-state index in [2.05, 4.69) is 38.9 Å². The molecule has 4 nitrogen and oxygen atoms in total. The second-order valence-corrected chi connectivity index (χ2v) is 7.10. The Balaban J connectivity index is 2.15. The van der Waals surface area contributed by atoms with Crippen LogP contribution in [0.15, 0.2) is 12.4 Å². The largest absolute Gasteiger partial charge is 0.387 e. The average Bonchev–Trinajstić information content (AvgIpc) is 2.96. The van der Waals surface area contributed by atoms with Crippen LogP contribution in [0.3, 0.4) is 0 Å². The van der Waals surface area contributed by atoms with Crippen LogP contribution in [0.5, 0.6) is 0 Å². The van der Waals surface area contributed by atoms with E-state index in [1.165, 1.54) is 0 Å². The normalized spacial score (nSPS) is 27.8. The molecule has 116 valence electrons. The summed E-state index contributed by atoms with van der Waals surface area (Å²) in [7, 11) is 0. The molecule has 0 saturated heterocycles. The Hall–Kier alpha value is -1.34. The Kier molecular flexibility index (Phi) is 4.73. The van der Waals surface area contributed by atoms with Crippen molar-refractivity contribution in [3.63, 3.8) is 0 Å². The first kappa shape index (κ1) is 16.0. The summed E-state index contributed by atoms with van der Waals surface area (Å²) in [4.78, 5) is 0. The number of rotatable bonds is 4. The van der Waals surface area contributed by atoms with Crippen molar-refractivity contribution < 1.29 is 5.11 Å². The molecule has 0 aliphatic heterocycles. The monoisotopic (exact) mass is 289 g/mol. The van der Waals surface area contributed by atoms with Gasteiger partial charge in [0.1, 0.15) is 6.10 Å². The highest BCUT2D eigenvalue weighted by atomic mass is 16.3. The first-order valence-corrected chi connectivity index (χ1v) is 8.03. The molecule has 1 aromatic heterocycles. The second-order valence-electron chi connectivity index (χ2n) is 7.10. The highest BCUT2D eigenvalue weighted by molar-refractivity contribution is 5.18. The molecule has 1 heterocycles. The van der Waals surface area contributed by atoms with Gasteiger partial charge in [-0.2, -0.15) is 10.4 Å². The van der Waals surface area contributed by atoms with Crippen molar-refractivity contribution in [3.8, 4) is 6.07 Å². The standard InChI is InChI=1S/C17H27N3O/c1-12(2)14-5-7-17(11-18,8-6-14)16(21)15-9-19-20(10-15)13(3)4/h9-10,12-14,16,21H,5-8H2,1-4H3. The fourth-order valence-electron chi connectivity index (χ4n) is 3.36. The van der Waals surface area contributed by atoms with Gasteiger partial charge in [-0.3, -0.25) is 4.68 Å². The van der Waals surface area contributed by atoms with E-state index in [4.69, 9.17) is 0 Å². The third kappa shape index (κ3) is 3.13. The minimum Gasteiger partial charge on any atom is -0.387 e. The quantitative estimate of drug-likeness (QED) is 0.915. The van der Waals surface area contributed by atoms with Crippen LogP contribution in [0.1, 0.15) is 71.1 Å². The van der Waals surface area contributed by atoms with Gasteiger partial charge >= 0.3 is 0 Å². The maximum Gasteiger partial charge on any atom is 0.101 e. The summed E-state index contributed by atoms with van der Waals surface area (Å²) >= 11 is 0. The molecule has 0 amide bonds. The van der Waals surface area contributed by atoms with Crippen molar-refractivity contribution in [2.24, 2.45) is 17.3 Å². The molecule has 1 N–H and O–H groups in total. The van der Waals surface area contributed by atoms with Gasteiger partial charge in [-0.05, 0) is 51.4 Å². The van der Waals surface area contributed by atoms with Gasteiger partial charge in [0.05, 0.1) is 17.7 Å². The van der Waals surface area contributed by atoms with Gasteiger partial charge < -0.3 is 5.11 Å². The van der Waals surface area contributed by atoms with E-state index in [9.17, 15) is 10.4 Å². The predicted octanol–water partition coefficient (Wildman–Crippen LogP) is 3.85. The van der Waals surface area contributed by atoms with Gasteiger partial charge in [0.15, 0.2) is 0 Å². The predicted molar refractivity (Wildman–Crippen MR) is 82.4 cm³/mol. The molecule has 21 heavy (non-hydrogen) atoms.